The lowest BCUT2D eigenvalue weighted by atomic mass is 9.96. The minimum absolute atomic E-state index is 0.0140. The van der Waals surface area contributed by atoms with Crippen LogP contribution in [-0.2, 0) is 14.3 Å². The molecule has 11 heteroatoms. The summed E-state index contributed by atoms with van der Waals surface area (Å²) in [5, 5.41) is 2.93. The molecule has 3 amide bonds. The van der Waals surface area contributed by atoms with Crippen molar-refractivity contribution in [3.63, 3.8) is 0 Å². The molecule has 0 saturated carbocycles. The van der Waals surface area contributed by atoms with E-state index in [4.69, 9.17) is 23.4 Å². The molecule has 6 rings (SSSR count). The Morgan fingerprint density at radius 1 is 1.05 bits per heavy atom. The Balaban J connectivity index is 1.17. The summed E-state index contributed by atoms with van der Waals surface area (Å²) in [6, 6.07) is 7.53. The van der Waals surface area contributed by atoms with Gasteiger partial charge in [0.2, 0.25) is 12.7 Å². The maximum Gasteiger partial charge on any atom is 0.292 e. The first-order valence-electron chi connectivity index (χ1n) is 12.6. The molecule has 1 aromatic carbocycles. The van der Waals surface area contributed by atoms with Crippen LogP contribution in [0.15, 0.2) is 41.0 Å². The van der Waals surface area contributed by atoms with Gasteiger partial charge in [0.25, 0.3) is 11.8 Å². The van der Waals surface area contributed by atoms with Gasteiger partial charge in [0.05, 0.1) is 19.0 Å². The number of likely N-dealkylation sites (tertiary alicyclic amines) is 1. The standard InChI is InChI=1S/C26H29N3O8/c30-23(27-14-18-3-1-11-33-18)19-15-37-26(29(19)25(32)21-4-2-12-34-21)7-9-28(10-8-26)24(31)17-5-6-20-22(13-17)36-16-35-20/h2,4-6,12-13,18-19H,1,3,7-11,14-16H2,(H,27,30)/t18-,19-/m0/s1. The monoisotopic (exact) mass is 511 g/mol. The lowest BCUT2D eigenvalue weighted by Crippen LogP contribution is -2.60. The summed E-state index contributed by atoms with van der Waals surface area (Å²) in [6.07, 6.45) is 4.01. The normalized spacial score (nSPS) is 24.0. The number of ether oxygens (including phenoxy) is 4. The van der Waals surface area contributed by atoms with Crippen molar-refractivity contribution in [2.24, 2.45) is 0 Å². The molecule has 5 heterocycles. The minimum atomic E-state index is -1.01. The van der Waals surface area contributed by atoms with Gasteiger partial charge in [-0.2, -0.15) is 0 Å². The number of furan rings is 1. The summed E-state index contributed by atoms with van der Waals surface area (Å²) in [6.45, 7) is 2.01. The second-order valence-corrected chi connectivity index (χ2v) is 9.67. The average molecular weight is 512 g/mol. The predicted molar refractivity (Wildman–Crippen MR) is 127 cm³/mol. The second kappa shape index (κ2) is 9.71. The summed E-state index contributed by atoms with van der Waals surface area (Å²) >= 11 is 0. The van der Waals surface area contributed by atoms with Gasteiger partial charge in [-0.15, -0.1) is 0 Å². The summed E-state index contributed by atoms with van der Waals surface area (Å²) in [7, 11) is 0. The van der Waals surface area contributed by atoms with Crippen LogP contribution in [0.4, 0.5) is 0 Å². The highest BCUT2D eigenvalue weighted by Crippen LogP contribution is 2.39. The van der Waals surface area contributed by atoms with Crippen molar-refractivity contribution in [3.05, 3.63) is 47.9 Å². The molecule has 0 bridgehead atoms. The Morgan fingerprint density at radius 2 is 1.89 bits per heavy atom. The molecule has 3 fully saturated rings. The van der Waals surface area contributed by atoms with Gasteiger partial charge in [-0.1, -0.05) is 0 Å². The maximum atomic E-state index is 13.5. The third kappa shape index (κ3) is 4.42. The molecule has 1 N–H and O–H groups in total. The molecule has 2 atom stereocenters. The third-order valence-corrected chi connectivity index (χ3v) is 7.49. The number of hydrogen-bond donors (Lipinski definition) is 1. The van der Waals surface area contributed by atoms with E-state index in [2.05, 4.69) is 5.32 Å². The van der Waals surface area contributed by atoms with Crippen molar-refractivity contribution >= 4 is 17.7 Å². The van der Waals surface area contributed by atoms with Crippen molar-refractivity contribution in [2.75, 3.05) is 39.6 Å². The molecule has 1 aromatic heterocycles. The predicted octanol–water partition coefficient (Wildman–Crippen LogP) is 1.78. The van der Waals surface area contributed by atoms with Crippen molar-refractivity contribution in [2.45, 2.75) is 43.6 Å². The van der Waals surface area contributed by atoms with Gasteiger partial charge in [-0.25, -0.2) is 0 Å². The fraction of sp³-hybridized carbons (Fsp3) is 0.500. The summed E-state index contributed by atoms with van der Waals surface area (Å²) in [5.74, 6) is 0.470. The molecule has 1 spiro atoms. The van der Waals surface area contributed by atoms with E-state index in [9.17, 15) is 14.4 Å². The number of nitrogens with one attached hydrogen (secondary N) is 1. The van der Waals surface area contributed by atoms with Crippen molar-refractivity contribution in [1.82, 2.24) is 15.1 Å². The Labute approximate surface area is 213 Å². The first-order valence-corrected chi connectivity index (χ1v) is 12.6. The Bertz CT molecular complexity index is 1170. The Morgan fingerprint density at radius 3 is 2.65 bits per heavy atom. The zero-order chi connectivity index (χ0) is 25.4. The van der Waals surface area contributed by atoms with E-state index in [0.717, 1.165) is 12.8 Å². The van der Waals surface area contributed by atoms with Crippen LogP contribution >= 0.6 is 0 Å². The molecular weight excluding hydrogens is 482 g/mol. The molecule has 2 aromatic rings. The van der Waals surface area contributed by atoms with Crippen LogP contribution in [0.25, 0.3) is 0 Å². The molecule has 37 heavy (non-hydrogen) atoms. The SMILES string of the molecule is O=C(NC[C@@H]1CCCO1)[C@@H]1COC2(CCN(C(=O)c3ccc4c(c3)OCO4)CC2)N1C(=O)c1ccco1. The number of carbonyl (C=O) groups excluding carboxylic acids is 3. The van der Waals surface area contributed by atoms with Crippen LogP contribution in [0.3, 0.4) is 0 Å². The third-order valence-electron chi connectivity index (χ3n) is 7.49. The molecule has 11 nitrogen and oxygen atoms in total. The molecular formula is C26H29N3O8. The number of fused-ring (bicyclic) bond motifs is 1. The second-order valence-electron chi connectivity index (χ2n) is 9.67. The van der Waals surface area contributed by atoms with Gasteiger partial charge in [0.15, 0.2) is 17.3 Å². The van der Waals surface area contributed by atoms with E-state index in [1.54, 1.807) is 35.2 Å². The van der Waals surface area contributed by atoms with E-state index in [1.165, 1.54) is 11.2 Å². The number of nitrogens with zero attached hydrogens (tertiary/aromatic N) is 2. The Hall–Kier alpha value is -3.57. The highest BCUT2D eigenvalue weighted by atomic mass is 16.7. The van der Waals surface area contributed by atoms with Crippen LogP contribution in [0.5, 0.6) is 11.5 Å². The number of piperidine rings is 1. The van der Waals surface area contributed by atoms with Gasteiger partial charge < -0.3 is 33.6 Å². The van der Waals surface area contributed by atoms with E-state index in [0.29, 0.717) is 56.1 Å². The summed E-state index contributed by atoms with van der Waals surface area (Å²) < 4.78 is 27.9. The van der Waals surface area contributed by atoms with Gasteiger partial charge in [0.1, 0.15) is 11.8 Å². The van der Waals surface area contributed by atoms with Crippen molar-refractivity contribution in [1.29, 1.82) is 0 Å². The van der Waals surface area contributed by atoms with Crippen LogP contribution in [0.2, 0.25) is 0 Å². The largest absolute Gasteiger partial charge is 0.459 e. The van der Waals surface area contributed by atoms with Crippen LogP contribution in [-0.4, -0.2) is 85.0 Å². The van der Waals surface area contributed by atoms with Crippen LogP contribution in [0.1, 0.15) is 46.6 Å². The summed E-state index contributed by atoms with van der Waals surface area (Å²) in [4.78, 5) is 43.2. The van der Waals surface area contributed by atoms with Crippen molar-refractivity contribution < 1.29 is 37.7 Å². The van der Waals surface area contributed by atoms with Crippen LogP contribution < -0.4 is 14.8 Å². The number of amides is 3. The van der Waals surface area contributed by atoms with E-state index < -0.39 is 17.7 Å². The van der Waals surface area contributed by atoms with E-state index in [-0.39, 0.29) is 37.1 Å². The number of carbonyl (C=O) groups is 3. The molecule has 0 aliphatic carbocycles. The zero-order valence-electron chi connectivity index (χ0n) is 20.4. The number of rotatable bonds is 5. The Kier molecular flexibility index (Phi) is 6.25. The van der Waals surface area contributed by atoms with Crippen LogP contribution in [0, 0.1) is 0 Å². The lowest BCUT2D eigenvalue weighted by molar-refractivity contribution is -0.128. The van der Waals surface area contributed by atoms with Gasteiger partial charge in [-0.3, -0.25) is 19.3 Å². The van der Waals surface area contributed by atoms with Gasteiger partial charge in [0, 0.05) is 44.6 Å². The first kappa shape index (κ1) is 23.8. The molecule has 4 aliphatic rings. The fourth-order valence-corrected chi connectivity index (χ4v) is 5.49. The lowest BCUT2D eigenvalue weighted by Gasteiger charge is -2.44. The average Bonchev–Trinajstić information content (AvgIpc) is 3.74. The highest BCUT2D eigenvalue weighted by molar-refractivity contribution is 5.97. The quantitative estimate of drug-likeness (QED) is 0.645. The fourth-order valence-electron chi connectivity index (χ4n) is 5.49. The van der Waals surface area contributed by atoms with Gasteiger partial charge in [-0.05, 0) is 43.2 Å². The summed E-state index contributed by atoms with van der Waals surface area (Å²) in [5.41, 5.74) is -0.510. The van der Waals surface area contributed by atoms with E-state index in [1.807, 2.05) is 0 Å². The smallest absolute Gasteiger partial charge is 0.292 e. The first-order chi connectivity index (χ1) is 18.0. The minimum Gasteiger partial charge on any atom is -0.459 e. The number of hydrogen-bond acceptors (Lipinski definition) is 8. The molecule has 0 radical (unpaired) electrons. The van der Waals surface area contributed by atoms with E-state index >= 15 is 0 Å². The molecule has 4 aliphatic heterocycles. The highest BCUT2D eigenvalue weighted by Gasteiger charge is 2.54. The molecule has 196 valence electrons. The van der Waals surface area contributed by atoms with Crippen molar-refractivity contribution in [3.8, 4) is 11.5 Å². The number of benzene rings is 1. The van der Waals surface area contributed by atoms with Gasteiger partial charge >= 0.3 is 0 Å². The molecule has 3 saturated heterocycles. The topological polar surface area (TPSA) is 120 Å². The zero-order valence-corrected chi connectivity index (χ0v) is 20.4. The molecule has 0 unspecified atom stereocenters. The maximum absolute atomic E-state index is 13.5.